The van der Waals surface area contributed by atoms with E-state index in [4.69, 9.17) is 9.47 Å². The third-order valence-corrected chi connectivity index (χ3v) is 6.29. The highest BCUT2D eigenvalue weighted by Crippen LogP contribution is 2.46. The second kappa shape index (κ2) is 6.90. The van der Waals surface area contributed by atoms with Crippen molar-refractivity contribution in [3.8, 4) is 0 Å². The van der Waals surface area contributed by atoms with Crippen LogP contribution >= 0.6 is 11.8 Å². The lowest BCUT2D eigenvalue weighted by atomic mass is 9.99. The van der Waals surface area contributed by atoms with E-state index in [-0.39, 0.29) is 4.90 Å². The average molecular weight is 390 g/mol. The number of cyclic esters (lactones) is 1. The maximum atomic E-state index is 12.5. The van der Waals surface area contributed by atoms with Crippen molar-refractivity contribution in [1.29, 1.82) is 0 Å². The number of methoxy groups -OCH3 is 1. The molecule has 0 radical (unpaired) electrons. The number of hydrogen-bond acceptors (Lipinski definition) is 6. The molecule has 0 N–H and O–H groups in total. The first-order valence-corrected chi connectivity index (χ1v) is 10.5. The number of carbonyl (C=O) groups is 1. The second-order valence-electron chi connectivity index (χ2n) is 5.96. The third-order valence-electron chi connectivity index (χ3n) is 4.08. The van der Waals surface area contributed by atoms with Crippen LogP contribution in [-0.4, -0.2) is 33.5 Å². The number of ether oxygens (including phenoxy) is 2. The van der Waals surface area contributed by atoms with Crippen LogP contribution in [0.2, 0.25) is 0 Å². The molecule has 5 nitrogen and oxygen atoms in total. The van der Waals surface area contributed by atoms with Crippen LogP contribution in [0.15, 0.2) is 69.3 Å². The van der Waals surface area contributed by atoms with Crippen molar-refractivity contribution < 1.29 is 22.7 Å². The van der Waals surface area contributed by atoms with Gasteiger partial charge in [-0.25, -0.2) is 13.2 Å². The summed E-state index contributed by atoms with van der Waals surface area (Å²) in [5.41, 5.74) is 1.25. The maximum Gasteiger partial charge on any atom is 0.348 e. The van der Waals surface area contributed by atoms with Crippen LogP contribution in [0.1, 0.15) is 12.5 Å². The van der Waals surface area contributed by atoms with E-state index in [1.807, 2.05) is 30.3 Å². The normalized spacial score (nSPS) is 20.3. The van der Waals surface area contributed by atoms with Crippen LogP contribution < -0.4 is 0 Å². The zero-order valence-electron chi connectivity index (χ0n) is 14.6. The Bertz CT molecular complexity index is 963. The van der Waals surface area contributed by atoms with E-state index in [1.54, 1.807) is 19.1 Å². The van der Waals surface area contributed by atoms with Crippen LogP contribution in [0.4, 0.5) is 0 Å². The molecule has 2 aromatic carbocycles. The number of hydrogen-bond donors (Lipinski definition) is 0. The SMILES string of the molecule is COC1(C)OC(=O)C(Sc2ccccc2)=C1c1ccc(S(C)(=O)=O)cc1. The van der Waals surface area contributed by atoms with Gasteiger partial charge in [0, 0.05) is 25.2 Å². The summed E-state index contributed by atoms with van der Waals surface area (Å²) < 4.78 is 34.3. The number of thioether (sulfide) groups is 1. The summed E-state index contributed by atoms with van der Waals surface area (Å²) in [7, 11) is -1.83. The van der Waals surface area contributed by atoms with Crippen molar-refractivity contribution in [3.05, 3.63) is 65.1 Å². The lowest BCUT2D eigenvalue weighted by molar-refractivity contribution is -0.178. The summed E-state index contributed by atoms with van der Waals surface area (Å²) in [4.78, 5) is 14.0. The van der Waals surface area contributed by atoms with Crippen LogP contribution in [-0.2, 0) is 24.1 Å². The van der Waals surface area contributed by atoms with E-state index in [0.29, 0.717) is 16.0 Å². The number of benzene rings is 2. The zero-order chi connectivity index (χ0) is 18.9. The smallest absolute Gasteiger partial charge is 0.348 e. The first-order chi connectivity index (χ1) is 12.2. The van der Waals surface area contributed by atoms with Crippen LogP contribution in [0.5, 0.6) is 0 Å². The van der Waals surface area contributed by atoms with Gasteiger partial charge in [-0.15, -0.1) is 0 Å². The molecular weight excluding hydrogens is 372 g/mol. The van der Waals surface area contributed by atoms with Crippen molar-refractivity contribution in [2.75, 3.05) is 13.4 Å². The second-order valence-corrected chi connectivity index (χ2v) is 9.05. The predicted octanol–water partition coefficient (Wildman–Crippen LogP) is 3.51. The molecule has 1 unspecified atom stereocenters. The molecule has 0 spiro atoms. The van der Waals surface area contributed by atoms with E-state index >= 15 is 0 Å². The van der Waals surface area contributed by atoms with Crippen LogP contribution in [0.25, 0.3) is 5.57 Å². The van der Waals surface area contributed by atoms with Gasteiger partial charge in [-0.3, -0.25) is 0 Å². The van der Waals surface area contributed by atoms with Crippen molar-refractivity contribution in [1.82, 2.24) is 0 Å². The van der Waals surface area contributed by atoms with Gasteiger partial charge in [0.2, 0.25) is 5.79 Å². The Morgan fingerprint density at radius 1 is 1.04 bits per heavy atom. The number of sulfone groups is 1. The zero-order valence-corrected chi connectivity index (χ0v) is 16.2. The van der Waals surface area contributed by atoms with Gasteiger partial charge in [0.1, 0.15) is 4.91 Å². The van der Waals surface area contributed by atoms with Gasteiger partial charge in [0.25, 0.3) is 0 Å². The van der Waals surface area contributed by atoms with Crippen molar-refractivity contribution >= 4 is 33.1 Å². The summed E-state index contributed by atoms with van der Waals surface area (Å²) in [5, 5.41) is 0. The Labute approximate surface area is 156 Å². The Morgan fingerprint density at radius 3 is 2.19 bits per heavy atom. The molecule has 0 fully saturated rings. The fraction of sp³-hybridized carbons (Fsp3) is 0.211. The maximum absolute atomic E-state index is 12.5. The van der Waals surface area contributed by atoms with Crippen LogP contribution in [0, 0.1) is 0 Å². The molecule has 7 heteroatoms. The van der Waals surface area contributed by atoms with E-state index in [2.05, 4.69) is 0 Å². The molecule has 2 aromatic rings. The van der Waals surface area contributed by atoms with Gasteiger partial charge in [-0.1, -0.05) is 42.1 Å². The summed E-state index contributed by atoms with van der Waals surface area (Å²) in [5.74, 6) is -1.70. The summed E-state index contributed by atoms with van der Waals surface area (Å²) in [6, 6.07) is 15.8. The van der Waals surface area contributed by atoms with Gasteiger partial charge in [0.05, 0.1) is 10.5 Å². The Morgan fingerprint density at radius 2 is 1.65 bits per heavy atom. The fourth-order valence-corrected chi connectivity index (χ4v) is 4.38. The molecule has 136 valence electrons. The topological polar surface area (TPSA) is 69.7 Å². The summed E-state index contributed by atoms with van der Waals surface area (Å²) in [6.45, 7) is 1.67. The van der Waals surface area contributed by atoms with Gasteiger partial charge >= 0.3 is 5.97 Å². The summed E-state index contributed by atoms with van der Waals surface area (Å²) in [6.07, 6.45) is 1.15. The molecule has 0 amide bonds. The number of rotatable bonds is 5. The van der Waals surface area contributed by atoms with E-state index in [0.717, 1.165) is 11.2 Å². The predicted molar refractivity (Wildman–Crippen MR) is 100 cm³/mol. The molecule has 1 heterocycles. The Kier molecular flexibility index (Phi) is 4.96. The molecule has 0 saturated heterocycles. The molecule has 0 bridgehead atoms. The quantitative estimate of drug-likeness (QED) is 0.728. The number of carbonyl (C=O) groups excluding carboxylic acids is 1. The third kappa shape index (κ3) is 3.56. The van der Waals surface area contributed by atoms with Crippen molar-refractivity contribution in [2.45, 2.75) is 22.5 Å². The average Bonchev–Trinajstić information content (AvgIpc) is 2.86. The minimum absolute atomic E-state index is 0.212. The van der Waals surface area contributed by atoms with E-state index in [9.17, 15) is 13.2 Å². The van der Waals surface area contributed by atoms with Gasteiger partial charge in [0.15, 0.2) is 9.84 Å². The molecule has 0 aliphatic carbocycles. The highest BCUT2D eigenvalue weighted by molar-refractivity contribution is 8.04. The number of esters is 1. The Balaban J connectivity index is 2.11. The first kappa shape index (κ1) is 18.7. The monoisotopic (exact) mass is 390 g/mol. The minimum atomic E-state index is -3.30. The van der Waals surface area contributed by atoms with E-state index < -0.39 is 21.6 Å². The largest absolute Gasteiger partial charge is 0.425 e. The molecule has 3 rings (SSSR count). The molecule has 26 heavy (non-hydrogen) atoms. The highest BCUT2D eigenvalue weighted by atomic mass is 32.2. The van der Waals surface area contributed by atoms with Gasteiger partial charge in [-0.2, -0.15) is 0 Å². The van der Waals surface area contributed by atoms with Gasteiger partial charge in [-0.05, 0) is 29.8 Å². The Hall–Kier alpha value is -2.09. The highest BCUT2D eigenvalue weighted by Gasteiger charge is 2.45. The first-order valence-electron chi connectivity index (χ1n) is 7.81. The lowest BCUT2D eigenvalue weighted by Gasteiger charge is -2.24. The molecule has 1 aliphatic rings. The standard InChI is InChI=1S/C19H18O5S2/c1-19(23-2)16(13-9-11-15(12-10-13)26(3,21)22)17(18(20)24-19)25-14-7-5-4-6-8-14/h4-12H,1-3H3. The fourth-order valence-electron chi connectivity index (χ4n) is 2.69. The molecular formula is C19H18O5S2. The molecule has 1 aliphatic heterocycles. The molecule has 0 saturated carbocycles. The minimum Gasteiger partial charge on any atom is -0.425 e. The van der Waals surface area contributed by atoms with Crippen molar-refractivity contribution in [3.63, 3.8) is 0 Å². The van der Waals surface area contributed by atoms with Crippen molar-refractivity contribution in [2.24, 2.45) is 0 Å². The van der Waals surface area contributed by atoms with Gasteiger partial charge < -0.3 is 9.47 Å². The summed E-state index contributed by atoms with van der Waals surface area (Å²) >= 11 is 1.30. The van der Waals surface area contributed by atoms with E-state index in [1.165, 1.54) is 31.0 Å². The lowest BCUT2D eigenvalue weighted by Crippen LogP contribution is -2.29. The molecule has 0 aromatic heterocycles. The van der Waals surface area contributed by atoms with Crippen LogP contribution in [0.3, 0.4) is 0 Å². The molecule has 1 atom stereocenters.